The highest BCUT2D eigenvalue weighted by molar-refractivity contribution is 6.74. The molecule has 0 unspecified atom stereocenters. The van der Waals surface area contributed by atoms with Crippen molar-refractivity contribution in [3.8, 4) is 0 Å². The smallest absolute Gasteiger partial charge is 0.330 e. The van der Waals surface area contributed by atoms with Gasteiger partial charge in [-0.2, -0.15) is 0 Å². The Morgan fingerprint density at radius 2 is 1.62 bits per heavy atom. The lowest BCUT2D eigenvalue weighted by Gasteiger charge is -2.48. The number of ether oxygens (including phenoxy) is 6. The summed E-state index contributed by atoms with van der Waals surface area (Å²) in [5, 5.41) is 11.4. The number of fused-ring (bicyclic) bond motifs is 1. The van der Waals surface area contributed by atoms with Crippen LogP contribution in [0, 0.1) is 0 Å². The molecule has 3 heterocycles. The van der Waals surface area contributed by atoms with E-state index in [1.165, 1.54) is 13.2 Å². The van der Waals surface area contributed by atoms with Gasteiger partial charge >= 0.3 is 5.97 Å². The molecule has 1 N–H and O–H groups in total. The van der Waals surface area contributed by atoms with E-state index < -0.39 is 62.5 Å². The van der Waals surface area contributed by atoms with Gasteiger partial charge in [0.25, 0.3) is 0 Å². The Labute approximate surface area is 242 Å². The summed E-state index contributed by atoms with van der Waals surface area (Å²) in [6.07, 6.45) is 2.96. The number of hydrogen-bond donors (Lipinski definition) is 1. The van der Waals surface area contributed by atoms with Crippen LogP contribution in [0.15, 0.2) is 12.2 Å². The van der Waals surface area contributed by atoms with Crippen LogP contribution in [-0.4, -0.2) is 87.4 Å². The van der Waals surface area contributed by atoms with Crippen molar-refractivity contribution in [2.45, 2.75) is 159 Å². The zero-order valence-corrected chi connectivity index (χ0v) is 27.4. The van der Waals surface area contributed by atoms with Crippen LogP contribution in [0.1, 0.15) is 87.0 Å². The highest BCUT2D eigenvalue weighted by Crippen LogP contribution is 2.46. The average molecular weight is 587 g/mol. The standard InChI is InChI=1S/C30H54O9Si/c1-11-29(12-2)34-19-21(36-29)24(39-40(9,10)28(5,6)7)26-27-25(37-30(13-3,14-4)38-27)23(32)20(35-26)17-15-16-18-22(31)33-8/h16,18,20-21,23-27,32H,11-15,17,19H2,1-10H3/b18-16+/t20-,21+,23-,24+,25-,26-,27-/m0/s1. The Bertz CT molecular complexity index is 862. The topological polar surface area (TPSA) is 102 Å². The van der Waals surface area contributed by atoms with E-state index in [0.29, 0.717) is 32.3 Å². The molecular weight excluding hydrogens is 532 g/mol. The Balaban J connectivity index is 1.99. The van der Waals surface area contributed by atoms with Crippen molar-refractivity contribution in [3.63, 3.8) is 0 Å². The number of carbonyl (C=O) groups is 1. The number of aliphatic hydroxyl groups excluding tert-OH is 1. The SMILES string of the molecule is CCC1(CC)O[C@@H]2[C@H]([C@H](O[Si](C)(C)C(C)(C)C)[C@H]3COC(CC)(CC)O3)O[C@@H](CC/C=C/C(=O)OC)[C@H](O)[C@@H]2O1. The minimum Gasteiger partial charge on any atom is -0.466 e. The molecule has 0 spiro atoms. The van der Waals surface area contributed by atoms with E-state index in [9.17, 15) is 9.90 Å². The molecule has 40 heavy (non-hydrogen) atoms. The molecule has 232 valence electrons. The monoisotopic (exact) mass is 586 g/mol. The Morgan fingerprint density at radius 1 is 1.02 bits per heavy atom. The van der Waals surface area contributed by atoms with E-state index in [2.05, 4.69) is 47.7 Å². The van der Waals surface area contributed by atoms with Gasteiger partial charge in [0.1, 0.15) is 36.6 Å². The van der Waals surface area contributed by atoms with Gasteiger partial charge in [0.15, 0.2) is 19.9 Å². The van der Waals surface area contributed by atoms with Crippen LogP contribution in [0.4, 0.5) is 0 Å². The normalized spacial score (nSPS) is 32.8. The molecule has 0 bridgehead atoms. The maximum atomic E-state index is 11.6. The van der Waals surface area contributed by atoms with E-state index in [-0.39, 0.29) is 11.1 Å². The van der Waals surface area contributed by atoms with Crippen molar-refractivity contribution in [3.05, 3.63) is 12.2 Å². The second kappa shape index (κ2) is 13.2. The summed E-state index contributed by atoms with van der Waals surface area (Å²) in [5.74, 6) is -1.87. The molecule has 3 saturated heterocycles. The number of carbonyl (C=O) groups excluding carboxylic acids is 1. The summed E-state index contributed by atoms with van der Waals surface area (Å²) < 4.78 is 44.7. The second-order valence-electron chi connectivity index (χ2n) is 12.8. The quantitative estimate of drug-likeness (QED) is 0.187. The van der Waals surface area contributed by atoms with Gasteiger partial charge in [0.2, 0.25) is 0 Å². The Morgan fingerprint density at radius 3 is 2.15 bits per heavy atom. The lowest BCUT2D eigenvalue weighted by atomic mass is 9.89. The molecule has 0 aliphatic carbocycles. The van der Waals surface area contributed by atoms with Gasteiger partial charge in [-0.3, -0.25) is 0 Å². The zero-order chi connectivity index (χ0) is 29.9. The third kappa shape index (κ3) is 7.02. The summed E-state index contributed by atoms with van der Waals surface area (Å²) in [7, 11) is -0.960. The number of hydrogen-bond acceptors (Lipinski definition) is 9. The van der Waals surface area contributed by atoms with E-state index in [4.69, 9.17) is 32.8 Å². The van der Waals surface area contributed by atoms with Gasteiger partial charge in [-0.05, 0) is 56.7 Å². The molecule has 0 amide bonds. The Kier molecular flexibility index (Phi) is 11.1. The lowest BCUT2D eigenvalue weighted by Crippen LogP contribution is -2.64. The van der Waals surface area contributed by atoms with Crippen LogP contribution in [0.3, 0.4) is 0 Å². The molecule has 7 atom stereocenters. The van der Waals surface area contributed by atoms with E-state index in [1.807, 2.05) is 13.8 Å². The third-order valence-corrected chi connectivity index (χ3v) is 13.9. The van der Waals surface area contributed by atoms with Crippen LogP contribution in [0.5, 0.6) is 0 Å². The molecule has 9 nitrogen and oxygen atoms in total. The zero-order valence-electron chi connectivity index (χ0n) is 26.4. The second-order valence-corrected chi connectivity index (χ2v) is 17.6. The van der Waals surface area contributed by atoms with E-state index >= 15 is 0 Å². The molecule has 3 rings (SSSR count). The molecule has 3 fully saturated rings. The van der Waals surface area contributed by atoms with Crippen molar-refractivity contribution in [1.29, 1.82) is 0 Å². The lowest BCUT2D eigenvalue weighted by molar-refractivity contribution is -0.235. The largest absolute Gasteiger partial charge is 0.466 e. The fourth-order valence-electron chi connectivity index (χ4n) is 5.57. The van der Waals surface area contributed by atoms with E-state index in [0.717, 1.165) is 12.8 Å². The van der Waals surface area contributed by atoms with Gasteiger partial charge in [-0.15, -0.1) is 0 Å². The van der Waals surface area contributed by atoms with Crippen molar-refractivity contribution in [2.75, 3.05) is 13.7 Å². The summed E-state index contributed by atoms with van der Waals surface area (Å²) in [6, 6.07) is 0. The fourth-order valence-corrected chi connectivity index (χ4v) is 6.89. The first-order valence-corrected chi connectivity index (χ1v) is 18.0. The maximum absolute atomic E-state index is 11.6. The molecule has 3 aliphatic heterocycles. The highest BCUT2D eigenvalue weighted by Gasteiger charge is 2.61. The van der Waals surface area contributed by atoms with Crippen LogP contribution < -0.4 is 0 Å². The molecule has 0 aromatic heterocycles. The minimum absolute atomic E-state index is 0.0490. The molecule has 0 radical (unpaired) electrons. The highest BCUT2D eigenvalue weighted by atomic mass is 28.4. The summed E-state index contributed by atoms with van der Waals surface area (Å²) >= 11 is 0. The van der Waals surface area contributed by atoms with Gasteiger partial charge in [-0.25, -0.2) is 4.79 Å². The number of methoxy groups -OCH3 is 1. The first-order chi connectivity index (χ1) is 18.7. The minimum atomic E-state index is -2.31. The number of esters is 1. The molecular formula is C30H54O9Si. The summed E-state index contributed by atoms with van der Waals surface area (Å²) in [4.78, 5) is 11.6. The van der Waals surface area contributed by atoms with Crippen LogP contribution in [0.25, 0.3) is 0 Å². The van der Waals surface area contributed by atoms with Crippen molar-refractivity contribution in [2.24, 2.45) is 0 Å². The fraction of sp³-hybridized carbons (Fsp3) is 0.900. The average Bonchev–Trinajstić information content (AvgIpc) is 3.54. The number of allylic oxidation sites excluding steroid dienone is 1. The molecule has 3 aliphatic rings. The van der Waals surface area contributed by atoms with Gasteiger partial charge in [0, 0.05) is 6.08 Å². The molecule has 0 aromatic rings. The van der Waals surface area contributed by atoms with Crippen LogP contribution in [-0.2, 0) is 37.6 Å². The predicted molar refractivity (Wildman–Crippen MR) is 154 cm³/mol. The van der Waals surface area contributed by atoms with Gasteiger partial charge in [0.05, 0.1) is 19.8 Å². The predicted octanol–water partition coefficient (Wildman–Crippen LogP) is 5.25. The molecule has 0 saturated carbocycles. The van der Waals surface area contributed by atoms with Crippen molar-refractivity contribution >= 4 is 14.3 Å². The van der Waals surface area contributed by atoms with Crippen molar-refractivity contribution < 1.29 is 42.7 Å². The molecule has 0 aromatic carbocycles. The van der Waals surface area contributed by atoms with Gasteiger partial charge in [-0.1, -0.05) is 54.5 Å². The maximum Gasteiger partial charge on any atom is 0.330 e. The van der Waals surface area contributed by atoms with E-state index in [1.54, 1.807) is 6.08 Å². The first-order valence-electron chi connectivity index (χ1n) is 15.1. The third-order valence-electron chi connectivity index (χ3n) is 9.43. The summed E-state index contributed by atoms with van der Waals surface area (Å²) in [6.45, 7) is 19.7. The van der Waals surface area contributed by atoms with Gasteiger partial charge < -0.3 is 38.0 Å². The number of aliphatic hydroxyl groups is 1. The van der Waals surface area contributed by atoms with Crippen molar-refractivity contribution in [1.82, 2.24) is 0 Å². The number of rotatable bonds is 12. The summed E-state index contributed by atoms with van der Waals surface area (Å²) in [5.41, 5.74) is 0. The first kappa shape index (κ1) is 33.6. The van der Waals surface area contributed by atoms with Crippen LogP contribution >= 0.6 is 0 Å². The molecule has 10 heteroatoms. The van der Waals surface area contributed by atoms with Crippen LogP contribution in [0.2, 0.25) is 18.1 Å². The Hall–Kier alpha value is -0.853.